The lowest BCUT2D eigenvalue weighted by molar-refractivity contribution is -0.121. The maximum Gasteiger partial charge on any atom is 0.251 e. The van der Waals surface area contributed by atoms with E-state index in [1.807, 2.05) is 24.3 Å². The summed E-state index contributed by atoms with van der Waals surface area (Å²) in [5.41, 5.74) is 2.68. The molecule has 0 saturated carbocycles. The molecule has 0 spiro atoms. The largest absolute Gasteiger partial charge is 0.352 e. The average molecular weight is 442 g/mol. The van der Waals surface area contributed by atoms with Gasteiger partial charge in [-0.2, -0.15) is 5.10 Å². The summed E-state index contributed by atoms with van der Waals surface area (Å²) in [5, 5.41) is 9.68. The van der Waals surface area contributed by atoms with E-state index in [0.29, 0.717) is 18.7 Å². The van der Waals surface area contributed by atoms with Crippen LogP contribution in [0.25, 0.3) is 0 Å². The zero-order valence-corrected chi connectivity index (χ0v) is 16.7. The van der Waals surface area contributed by atoms with Gasteiger partial charge in [-0.05, 0) is 35.4 Å². The minimum Gasteiger partial charge on any atom is -0.352 e. The van der Waals surface area contributed by atoms with Crippen LogP contribution in [0.3, 0.4) is 0 Å². The molecule has 2 N–H and O–H groups in total. The third-order valence-corrected chi connectivity index (χ3v) is 4.60. The fourth-order valence-electron chi connectivity index (χ4n) is 2.55. The van der Waals surface area contributed by atoms with Crippen molar-refractivity contribution in [1.29, 1.82) is 0 Å². The summed E-state index contributed by atoms with van der Waals surface area (Å²) in [4.78, 5) is 27.9. The van der Waals surface area contributed by atoms with Gasteiger partial charge in [0.2, 0.25) is 5.91 Å². The smallest absolute Gasteiger partial charge is 0.251 e. The molecule has 7 nitrogen and oxygen atoms in total. The molecule has 2 aromatic carbocycles. The van der Waals surface area contributed by atoms with Gasteiger partial charge in [0.15, 0.2) is 0 Å². The SMILES string of the molecule is O=C(CCNC(=O)c1ccc(Br)cc1)NCc1ccc(Cn2cncn2)cc1. The van der Waals surface area contributed by atoms with E-state index >= 15 is 0 Å². The first kappa shape index (κ1) is 19.8. The van der Waals surface area contributed by atoms with Gasteiger partial charge in [0.05, 0.1) is 6.54 Å². The number of carbonyl (C=O) groups is 2. The number of hydrogen-bond acceptors (Lipinski definition) is 4. The Balaban J connectivity index is 1.37. The quantitative estimate of drug-likeness (QED) is 0.561. The maximum atomic E-state index is 12.0. The van der Waals surface area contributed by atoms with Crippen molar-refractivity contribution in [1.82, 2.24) is 25.4 Å². The number of hydrogen-bond donors (Lipinski definition) is 2. The Morgan fingerprint density at radius 2 is 1.68 bits per heavy atom. The van der Waals surface area contributed by atoms with Crippen LogP contribution in [-0.4, -0.2) is 33.1 Å². The van der Waals surface area contributed by atoms with Crippen LogP contribution in [-0.2, 0) is 17.9 Å². The van der Waals surface area contributed by atoms with Crippen molar-refractivity contribution in [3.8, 4) is 0 Å². The molecule has 0 radical (unpaired) electrons. The summed E-state index contributed by atoms with van der Waals surface area (Å²) < 4.78 is 2.66. The Kier molecular flexibility index (Phi) is 6.91. The second kappa shape index (κ2) is 9.80. The molecule has 0 bridgehead atoms. The van der Waals surface area contributed by atoms with Crippen molar-refractivity contribution < 1.29 is 9.59 Å². The Hall–Kier alpha value is -3.00. The van der Waals surface area contributed by atoms with E-state index in [9.17, 15) is 9.59 Å². The van der Waals surface area contributed by atoms with Crippen molar-refractivity contribution in [3.63, 3.8) is 0 Å². The minimum absolute atomic E-state index is 0.109. The summed E-state index contributed by atoms with van der Waals surface area (Å²) in [7, 11) is 0. The highest BCUT2D eigenvalue weighted by atomic mass is 79.9. The Bertz CT molecular complexity index is 909. The van der Waals surface area contributed by atoms with E-state index in [1.165, 1.54) is 6.33 Å². The summed E-state index contributed by atoms with van der Waals surface area (Å²) in [6.07, 6.45) is 3.40. The molecule has 2 amide bonds. The zero-order valence-electron chi connectivity index (χ0n) is 15.1. The molecule has 1 heterocycles. The van der Waals surface area contributed by atoms with E-state index in [4.69, 9.17) is 0 Å². The molecule has 8 heteroatoms. The fraction of sp³-hybridized carbons (Fsp3) is 0.200. The Labute approximate surface area is 171 Å². The third kappa shape index (κ3) is 6.02. The van der Waals surface area contributed by atoms with Crippen LogP contribution < -0.4 is 10.6 Å². The van der Waals surface area contributed by atoms with E-state index < -0.39 is 0 Å². The van der Waals surface area contributed by atoms with Crippen molar-refractivity contribution in [2.24, 2.45) is 0 Å². The van der Waals surface area contributed by atoms with Gasteiger partial charge < -0.3 is 10.6 Å². The molecule has 1 aromatic heterocycles. The number of nitrogens with zero attached hydrogens (tertiary/aromatic N) is 3. The van der Waals surface area contributed by atoms with Gasteiger partial charge >= 0.3 is 0 Å². The standard InChI is InChI=1S/C20H20BrN5O2/c21-18-7-5-17(6-8-18)20(28)23-10-9-19(27)24-11-15-1-3-16(4-2-15)12-26-14-22-13-25-26/h1-8,13-14H,9-12H2,(H,23,28)(H,24,27). The van der Waals surface area contributed by atoms with Crippen molar-refractivity contribution in [3.05, 3.63) is 82.3 Å². The van der Waals surface area contributed by atoms with Gasteiger partial charge in [-0.25, -0.2) is 9.67 Å². The highest BCUT2D eigenvalue weighted by Gasteiger charge is 2.07. The lowest BCUT2D eigenvalue weighted by Gasteiger charge is -2.08. The van der Waals surface area contributed by atoms with Crippen LogP contribution in [0.5, 0.6) is 0 Å². The highest BCUT2D eigenvalue weighted by Crippen LogP contribution is 2.10. The molecule has 3 rings (SSSR count). The van der Waals surface area contributed by atoms with Crippen LogP contribution in [0.4, 0.5) is 0 Å². The lowest BCUT2D eigenvalue weighted by atomic mass is 10.1. The first-order valence-electron chi connectivity index (χ1n) is 8.81. The van der Waals surface area contributed by atoms with E-state index in [1.54, 1.807) is 35.3 Å². The van der Waals surface area contributed by atoms with Crippen molar-refractivity contribution in [2.45, 2.75) is 19.5 Å². The van der Waals surface area contributed by atoms with Crippen LogP contribution in [0, 0.1) is 0 Å². The monoisotopic (exact) mass is 441 g/mol. The molecule has 28 heavy (non-hydrogen) atoms. The van der Waals surface area contributed by atoms with Crippen LogP contribution in [0.2, 0.25) is 0 Å². The summed E-state index contributed by atoms with van der Waals surface area (Å²) in [6, 6.07) is 15.0. The summed E-state index contributed by atoms with van der Waals surface area (Å²) in [6.45, 7) is 1.39. The van der Waals surface area contributed by atoms with Gasteiger partial charge in [0.1, 0.15) is 12.7 Å². The molecule has 0 aliphatic heterocycles. The Morgan fingerprint density at radius 1 is 0.964 bits per heavy atom. The summed E-state index contributed by atoms with van der Waals surface area (Å²) >= 11 is 3.33. The van der Waals surface area contributed by atoms with Gasteiger partial charge in [-0.15, -0.1) is 0 Å². The molecule has 0 atom stereocenters. The first-order chi connectivity index (χ1) is 13.6. The molecule has 0 saturated heterocycles. The highest BCUT2D eigenvalue weighted by molar-refractivity contribution is 9.10. The lowest BCUT2D eigenvalue weighted by Crippen LogP contribution is -2.30. The molecule has 0 unspecified atom stereocenters. The molecule has 144 valence electrons. The second-order valence-corrected chi connectivity index (χ2v) is 7.11. The van der Waals surface area contributed by atoms with Crippen molar-refractivity contribution >= 4 is 27.7 Å². The minimum atomic E-state index is -0.191. The topological polar surface area (TPSA) is 88.9 Å². The van der Waals surface area contributed by atoms with E-state index in [2.05, 4.69) is 36.6 Å². The number of benzene rings is 2. The molecule has 0 fully saturated rings. The molecule has 3 aromatic rings. The van der Waals surface area contributed by atoms with Crippen molar-refractivity contribution in [2.75, 3.05) is 6.54 Å². The van der Waals surface area contributed by atoms with Crippen LogP contribution in [0.1, 0.15) is 27.9 Å². The first-order valence-corrected chi connectivity index (χ1v) is 9.60. The summed E-state index contributed by atoms with van der Waals surface area (Å²) in [5.74, 6) is -0.300. The van der Waals surface area contributed by atoms with E-state index in [-0.39, 0.29) is 24.8 Å². The van der Waals surface area contributed by atoms with E-state index in [0.717, 1.165) is 15.6 Å². The second-order valence-electron chi connectivity index (χ2n) is 6.20. The molecular weight excluding hydrogens is 422 g/mol. The fourth-order valence-corrected chi connectivity index (χ4v) is 2.81. The Morgan fingerprint density at radius 3 is 2.36 bits per heavy atom. The third-order valence-electron chi connectivity index (χ3n) is 4.07. The predicted octanol–water partition coefficient (Wildman–Crippen LogP) is 2.53. The number of halogens is 1. The normalized spacial score (nSPS) is 10.5. The number of nitrogens with one attached hydrogen (secondary N) is 2. The molecule has 0 aliphatic rings. The van der Waals surface area contributed by atoms with Gasteiger partial charge in [-0.1, -0.05) is 40.2 Å². The van der Waals surface area contributed by atoms with Gasteiger partial charge in [0, 0.05) is 29.5 Å². The maximum absolute atomic E-state index is 12.0. The average Bonchev–Trinajstić information content (AvgIpc) is 3.21. The number of amides is 2. The molecule has 0 aliphatic carbocycles. The van der Waals surface area contributed by atoms with Gasteiger partial charge in [-0.3, -0.25) is 9.59 Å². The number of rotatable bonds is 8. The predicted molar refractivity (Wildman–Crippen MR) is 109 cm³/mol. The number of carbonyl (C=O) groups excluding carboxylic acids is 2. The number of aromatic nitrogens is 3. The van der Waals surface area contributed by atoms with Gasteiger partial charge in [0.25, 0.3) is 5.91 Å². The molecular formula is C20H20BrN5O2. The zero-order chi connectivity index (χ0) is 19.8. The van der Waals surface area contributed by atoms with Crippen LogP contribution >= 0.6 is 15.9 Å². The van der Waals surface area contributed by atoms with Crippen LogP contribution in [0.15, 0.2) is 65.7 Å².